The molecule has 0 fully saturated rings. The number of pyridine rings is 1. The van der Waals surface area contributed by atoms with E-state index < -0.39 is 6.61 Å². The molecule has 0 amide bonds. The lowest BCUT2D eigenvalue weighted by Gasteiger charge is -2.16. The standard InChI is InChI=1S/C17H18Cl2F2N4O/c1-22-17(24-7-5-13-4-2-3-6-23-13)25-10-11-8-12(18)9-14(19)15(11)26-16(20)21/h2-4,6,8-9,16H,5,7,10H2,1H3,(H2,22,24,25). The molecule has 0 aliphatic heterocycles. The molecule has 0 atom stereocenters. The zero-order chi connectivity index (χ0) is 18.9. The topological polar surface area (TPSA) is 58.5 Å². The van der Waals surface area contributed by atoms with Crippen LogP contribution in [0.25, 0.3) is 0 Å². The van der Waals surface area contributed by atoms with Crippen molar-refractivity contribution in [3.8, 4) is 5.75 Å². The van der Waals surface area contributed by atoms with Crippen LogP contribution in [0.2, 0.25) is 10.0 Å². The van der Waals surface area contributed by atoms with Gasteiger partial charge in [0.25, 0.3) is 0 Å². The number of nitrogens with zero attached hydrogens (tertiary/aromatic N) is 2. The van der Waals surface area contributed by atoms with Gasteiger partial charge in [-0.15, -0.1) is 0 Å². The van der Waals surface area contributed by atoms with Gasteiger partial charge in [-0.25, -0.2) is 0 Å². The first-order valence-corrected chi connectivity index (χ1v) is 8.52. The second-order valence-corrected chi connectivity index (χ2v) is 6.02. The Morgan fingerprint density at radius 1 is 1.27 bits per heavy atom. The van der Waals surface area contributed by atoms with Crippen molar-refractivity contribution in [2.24, 2.45) is 4.99 Å². The molecule has 140 valence electrons. The van der Waals surface area contributed by atoms with Gasteiger partial charge in [-0.1, -0.05) is 29.3 Å². The van der Waals surface area contributed by atoms with Crippen molar-refractivity contribution in [2.75, 3.05) is 13.6 Å². The van der Waals surface area contributed by atoms with Crippen molar-refractivity contribution in [3.05, 3.63) is 57.8 Å². The minimum Gasteiger partial charge on any atom is -0.433 e. The molecule has 2 rings (SSSR count). The van der Waals surface area contributed by atoms with Crippen LogP contribution in [0.3, 0.4) is 0 Å². The summed E-state index contributed by atoms with van der Waals surface area (Å²) in [4.78, 5) is 8.33. The molecule has 0 unspecified atom stereocenters. The fraction of sp³-hybridized carbons (Fsp3) is 0.294. The second-order valence-electron chi connectivity index (χ2n) is 5.18. The first-order chi connectivity index (χ1) is 12.5. The van der Waals surface area contributed by atoms with E-state index >= 15 is 0 Å². The summed E-state index contributed by atoms with van der Waals surface area (Å²) in [6.07, 6.45) is 2.44. The van der Waals surface area contributed by atoms with E-state index in [4.69, 9.17) is 23.2 Å². The van der Waals surface area contributed by atoms with E-state index in [0.717, 1.165) is 5.69 Å². The van der Waals surface area contributed by atoms with E-state index in [-0.39, 0.29) is 17.3 Å². The molecule has 0 radical (unpaired) electrons. The van der Waals surface area contributed by atoms with Gasteiger partial charge >= 0.3 is 6.61 Å². The molecule has 9 heteroatoms. The van der Waals surface area contributed by atoms with Crippen molar-refractivity contribution < 1.29 is 13.5 Å². The lowest BCUT2D eigenvalue weighted by Crippen LogP contribution is -2.38. The number of nitrogens with one attached hydrogen (secondary N) is 2. The van der Waals surface area contributed by atoms with Gasteiger partial charge in [0.1, 0.15) is 5.75 Å². The van der Waals surface area contributed by atoms with E-state index in [0.29, 0.717) is 29.5 Å². The predicted octanol–water partition coefficient (Wildman–Crippen LogP) is 3.90. The van der Waals surface area contributed by atoms with Gasteiger partial charge in [0.05, 0.1) is 5.02 Å². The molecule has 1 heterocycles. The third kappa shape index (κ3) is 6.31. The summed E-state index contributed by atoms with van der Waals surface area (Å²) in [6, 6.07) is 8.57. The number of guanidine groups is 1. The number of hydrogen-bond acceptors (Lipinski definition) is 3. The Hall–Kier alpha value is -2.12. The molecule has 0 spiro atoms. The minimum absolute atomic E-state index is 0.0210. The molecule has 0 saturated heterocycles. The van der Waals surface area contributed by atoms with E-state index in [1.54, 1.807) is 13.2 Å². The highest BCUT2D eigenvalue weighted by Crippen LogP contribution is 2.33. The Morgan fingerprint density at radius 3 is 2.73 bits per heavy atom. The maximum absolute atomic E-state index is 12.6. The van der Waals surface area contributed by atoms with Crippen LogP contribution in [0.15, 0.2) is 41.5 Å². The van der Waals surface area contributed by atoms with Crippen molar-refractivity contribution >= 4 is 29.2 Å². The highest BCUT2D eigenvalue weighted by Gasteiger charge is 2.15. The number of rotatable bonds is 7. The molecule has 0 bridgehead atoms. The molecule has 2 aromatic rings. The van der Waals surface area contributed by atoms with E-state index in [2.05, 4.69) is 25.3 Å². The Bertz CT molecular complexity index is 745. The van der Waals surface area contributed by atoms with E-state index in [1.165, 1.54) is 12.1 Å². The second kappa shape index (κ2) is 10.1. The minimum atomic E-state index is -2.98. The van der Waals surface area contributed by atoms with Gasteiger partial charge in [-0.3, -0.25) is 9.98 Å². The quantitative estimate of drug-likeness (QED) is 0.544. The van der Waals surface area contributed by atoms with Gasteiger partial charge in [-0.2, -0.15) is 8.78 Å². The number of hydrogen-bond donors (Lipinski definition) is 2. The summed E-state index contributed by atoms with van der Waals surface area (Å²) < 4.78 is 29.7. The zero-order valence-corrected chi connectivity index (χ0v) is 15.5. The van der Waals surface area contributed by atoms with Crippen LogP contribution in [0.5, 0.6) is 5.75 Å². The number of benzene rings is 1. The highest BCUT2D eigenvalue weighted by molar-refractivity contribution is 6.35. The summed E-state index contributed by atoms with van der Waals surface area (Å²) >= 11 is 11.9. The summed E-state index contributed by atoms with van der Waals surface area (Å²) in [5.41, 5.74) is 1.35. The molecular weight excluding hydrogens is 385 g/mol. The molecular formula is C17H18Cl2F2N4O. The van der Waals surface area contributed by atoms with Crippen LogP contribution >= 0.6 is 23.2 Å². The molecule has 0 saturated carbocycles. The van der Waals surface area contributed by atoms with Gasteiger partial charge in [0, 0.05) is 49.0 Å². The van der Waals surface area contributed by atoms with Crippen LogP contribution in [0.4, 0.5) is 8.78 Å². The van der Waals surface area contributed by atoms with Crippen LogP contribution < -0.4 is 15.4 Å². The highest BCUT2D eigenvalue weighted by atomic mass is 35.5. The Labute approximate surface area is 160 Å². The lowest BCUT2D eigenvalue weighted by atomic mass is 10.2. The normalized spacial score (nSPS) is 11.5. The van der Waals surface area contributed by atoms with Crippen LogP contribution in [-0.4, -0.2) is 31.1 Å². The Balaban J connectivity index is 1.95. The average molecular weight is 403 g/mol. The molecule has 1 aromatic heterocycles. The maximum atomic E-state index is 12.6. The summed E-state index contributed by atoms with van der Waals surface area (Å²) in [5, 5.41) is 6.48. The Kier molecular flexibility index (Phi) is 7.87. The molecule has 2 N–H and O–H groups in total. The van der Waals surface area contributed by atoms with E-state index in [9.17, 15) is 8.78 Å². The summed E-state index contributed by atoms with van der Waals surface area (Å²) in [5.74, 6) is 0.391. The first kappa shape index (κ1) is 20.2. The van der Waals surface area contributed by atoms with Gasteiger partial charge in [0.15, 0.2) is 5.96 Å². The molecule has 0 aliphatic rings. The van der Waals surface area contributed by atoms with Crippen LogP contribution in [-0.2, 0) is 13.0 Å². The fourth-order valence-electron chi connectivity index (χ4n) is 2.22. The number of aromatic nitrogens is 1. The van der Waals surface area contributed by atoms with Crippen molar-refractivity contribution in [1.29, 1.82) is 0 Å². The summed E-state index contributed by atoms with van der Waals surface area (Å²) in [7, 11) is 1.61. The third-order valence-corrected chi connectivity index (χ3v) is 3.86. The molecule has 26 heavy (non-hydrogen) atoms. The number of alkyl halides is 2. The SMILES string of the molecule is CN=C(NCCc1ccccn1)NCc1cc(Cl)cc(Cl)c1OC(F)F. The monoisotopic (exact) mass is 402 g/mol. The number of aliphatic imine (C=N–C) groups is 1. The van der Waals surface area contributed by atoms with E-state index in [1.807, 2.05) is 18.2 Å². The first-order valence-electron chi connectivity index (χ1n) is 7.76. The van der Waals surface area contributed by atoms with Crippen molar-refractivity contribution in [1.82, 2.24) is 15.6 Å². The largest absolute Gasteiger partial charge is 0.433 e. The average Bonchev–Trinajstić information content (AvgIpc) is 2.61. The maximum Gasteiger partial charge on any atom is 0.387 e. The molecule has 5 nitrogen and oxygen atoms in total. The van der Waals surface area contributed by atoms with Crippen LogP contribution in [0, 0.1) is 0 Å². The smallest absolute Gasteiger partial charge is 0.387 e. The molecule has 0 aliphatic carbocycles. The van der Waals surface area contributed by atoms with Crippen molar-refractivity contribution in [2.45, 2.75) is 19.6 Å². The van der Waals surface area contributed by atoms with Gasteiger partial charge in [-0.05, 0) is 24.3 Å². The number of halogens is 4. The summed E-state index contributed by atoms with van der Waals surface area (Å²) in [6.45, 7) is -2.22. The zero-order valence-electron chi connectivity index (χ0n) is 14.0. The van der Waals surface area contributed by atoms with Gasteiger partial charge in [0.2, 0.25) is 0 Å². The van der Waals surface area contributed by atoms with Gasteiger partial charge < -0.3 is 15.4 Å². The molecule has 1 aromatic carbocycles. The lowest BCUT2D eigenvalue weighted by molar-refractivity contribution is -0.0504. The predicted molar refractivity (Wildman–Crippen MR) is 99.2 cm³/mol. The van der Waals surface area contributed by atoms with Crippen molar-refractivity contribution in [3.63, 3.8) is 0 Å². The fourth-order valence-corrected chi connectivity index (χ4v) is 2.80. The Morgan fingerprint density at radius 2 is 2.08 bits per heavy atom. The van der Waals surface area contributed by atoms with Crippen LogP contribution in [0.1, 0.15) is 11.3 Å². The third-order valence-electron chi connectivity index (χ3n) is 3.36. The number of ether oxygens (including phenoxy) is 1.